The van der Waals surface area contributed by atoms with Crippen molar-refractivity contribution >= 4 is 13.3 Å². The van der Waals surface area contributed by atoms with Crippen molar-refractivity contribution in [1.82, 2.24) is 0 Å². The van der Waals surface area contributed by atoms with Gasteiger partial charge in [-0.1, -0.05) is 76.3 Å². The van der Waals surface area contributed by atoms with Crippen LogP contribution in [0.15, 0.2) is 30.3 Å². The largest absolute Gasteiger partial charge is 0.0866 e. The molecule has 0 fully saturated rings. The Hall–Kier alpha value is -1.08. The minimum Gasteiger partial charge on any atom is -0.0650 e. The van der Waals surface area contributed by atoms with Gasteiger partial charge in [0.1, 0.15) is 0 Å². The molecule has 2 rings (SSSR count). The van der Waals surface area contributed by atoms with Gasteiger partial charge in [0, 0.05) is 0 Å². The Morgan fingerprint density at radius 3 is 2.00 bits per heavy atom. The van der Waals surface area contributed by atoms with Gasteiger partial charge in [-0.2, -0.15) is 0 Å². The van der Waals surface area contributed by atoms with E-state index in [4.69, 9.17) is 0 Å². The summed E-state index contributed by atoms with van der Waals surface area (Å²) in [5.41, 5.74) is 6.04. The van der Waals surface area contributed by atoms with Gasteiger partial charge in [0.25, 0.3) is 0 Å². The smallest absolute Gasteiger partial charge is 0.0650 e. The van der Waals surface area contributed by atoms with Crippen molar-refractivity contribution in [3.05, 3.63) is 41.5 Å². The topological polar surface area (TPSA) is 0 Å². The maximum absolute atomic E-state index is 2.54. The lowest BCUT2D eigenvalue weighted by molar-refractivity contribution is 0.729. The number of rotatable bonds is 2. The molecule has 0 unspecified atom stereocenters. The summed E-state index contributed by atoms with van der Waals surface area (Å²) in [4.78, 5) is 0. The highest BCUT2D eigenvalue weighted by Gasteiger charge is 2.41. The molecule has 0 bridgehead atoms. The average molecular weight is 285 g/mol. The van der Waals surface area contributed by atoms with Crippen molar-refractivity contribution in [3.63, 3.8) is 0 Å². The van der Waals surface area contributed by atoms with E-state index in [1.54, 1.807) is 10.8 Å². The molecule has 0 spiro atoms. The van der Waals surface area contributed by atoms with Crippen LogP contribution in [0.25, 0.3) is 11.1 Å². The van der Waals surface area contributed by atoms with Gasteiger partial charge in [-0.05, 0) is 40.6 Å². The molecule has 1 heteroatoms. The lowest BCUT2D eigenvalue weighted by atomic mass is 10.1. The van der Waals surface area contributed by atoms with Crippen molar-refractivity contribution in [2.75, 3.05) is 0 Å². The average Bonchev–Trinajstić information content (AvgIpc) is 2.53. The van der Waals surface area contributed by atoms with E-state index in [1.165, 1.54) is 16.7 Å². The van der Waals surface area contributed by atoms with E-state index in [9.17, 15) is 0 Å². The molecule has 0 amide bonds. The third-order valence-electron chi connectivity index (χ3n) is 5.30. The van der Waals surface area contributed by atoms with Crippen LogP contribution in [0.3, 0.4) is 0 Å². The molecule has 0 aromatic rings. The zero-order valence-corrected chi connectivity index (χ0v) is 15.1. The highest BCUT2D eigenvalue weighted by atomic mass is 28.3. The normalized spacial score (nSPS) is 12.9. The Labute approximate surface area is 125 Å². The molecule has 108 valence electrons. The van der Waals surface area contributed by atoms with Gasteiger partial charge in [-0.25, -0.2) is 0 Å². The van der Waals surface area contributed by atoms with E-state index in [0.29, 0.717) is 5.04 Å². The predicted molar refractivity (Wildman–Crippen MR) is 94.0 cm³/mol. The first kappa shape index (κ1) is 15.3. The summed E-state index contributed by atoms with van der Waals surface area (Å²) in [5.74, 6) is 0. The van der Waals surface area contributed by atoms with Gasteiger partial charge in [-0.15, -0.1) is 0 Å². The van der Waals surface area contributed by atoms with Crippen molar-refractivity contribution in [2.24, 2.45) is 0 Å². The lowest BCUT2D eigenvalue weighted by Crippen LogP contribution is -2.51. The molecule has 2 aliphatic rings. The van der Waals surface area contributed by atoms with Crippen LogP contribution in [0.4, 0.5) is 0 Å². The third-order valence-corrected chi connectivity index (χ3v) is 11.0. The van der Waals surface area contributed by atoms with Gasteiger partial charge in [-0.3, -0.25) is 0 Å². The monoisotopic (exact) mass is 284 g/mol. The molecular weight excluding hydrogens is 256 g/mol. The van der Waals surface area contributed by atoms with Crippen LogP contribution >= 0.6 is 0 Å². The molecule has 0 atom stereocenters. The molecule has 0 aromatic heterocycles. The first-order chi connectivity index (χ1) is 9.21. The highest BCUT2D eigenvalue weighted by Crippen LogP contribution is 2.41. The van der Waals surface area contributed by atoms with Crippen LogP contribution in [-0.2, 0) is 6.42 Å². The molecule has 0 aromatic carbocycles. The van der Waals surface area contributed by atoms with Gasteiger partial charge in [0.2, 0.25) is 0 Å². The molecule has 0 saturated carbocycles. The number of hydrogen-bond acceptors (Lipinski definition) is 0. The fourth-order valence-corrected chi connectivity index (χ4v) is 6.11. The predicted octanol–water partition coefficient (Wildman–Crippen LogP) is 5.38. The zero-order valence-electron chi connectivity index (χ0n) is 14.1. The summed E-state index contributed by atoms with van der Waals surface area (Å²) in [6, 6.07) is 11.1. The molecule has 20 heavy (non-hydrogen) atoms. The quantitative estimate of drug-likeness (QED) is 0.650. The second kappa shape index (κ2) is 5.03. The molecule has 2 aliphatic carbocycles. The van der Waals surface area contributed by atoms with E-state index in [-0.39, 0.29) is 0 Å². The third kappa shape index (κ3) is 2.22. The Bertz CT molecular complexity index is 588. The summed E-state index contributed by atoms with van der Waals surface area (Å²) in [6.45, 7) is 16.9. The van der Waals surface area contributed by atoms with Crippen LogP contribution in [0.1, 0.15) is 38.8 Å². The van der Waals surface area contributed by atoms with Gasteiger partial charge in [0.15, 0.2) is 0 Å². The van der Waals surface area contributed by atoms with Crippen molar-refractivity contribution < 1.29 is 0 Å². The lowest BCUT2D eigenvalue weighted by Gasteiger charge is -2.38. The SMILES string of the molecule is CCc1c2cccccc-2c(C)c1[Si](C)(C)C(C)(C)C. The van der Waals surface area contributed by atoms with Gasteiger partial charge < -0.3 is 0 Å². The Morgan fingerprint density at radius 1 is 0.950 bits per heavy atom. The summed E-state index contributed by atoms with van der Waals surface area (Å²) < 4.78 is 0. The Morgan fingerprint density at radius 2 is 1.50 bits per heavy atom. The molecule has 0 nitrogen and oxygen atoms in total. The zero-order chi connectivity index (χ0) is 15.1. The van der Waals surface area contributed by atoms with Gasteiger partial charge >= 0.3 is 0 Å². The first-order valence-electron chi connectivity index (χ1n) is 7.72. The van der Waals surface area contributed by atoms with Crippen LogP contribution in [0, 0.1) is 6.92 Å². The molecule has 0 heterocycles. The van der Waals surface area contributed by atoms with Crippen molar-refractivity contribution in [1.29, 1.82) is 0 Å². The summed E-state index contributed by atoms with van der Waals surface area (Å²) in [5, 5.41) is 2.09. The Kier molecular flexibility index (Phi) is 3.85. The summed E-state index contributed by atoms with van der Waals surface area (Å²) in [6.07, 6.45) is 1.14. The minimum absolute atomic E-state index is 0.383. The number of fused-ring (bicyclic) bond motifs is 1. The van der Waals surface area contributed by atoms with Gasteiger partial charge in [0.05, 0.1) is 8.07 Å². The maximum Gasteiger partial charge on any atom is 0.0866 e. The molecule has 0 N–H and O–H groups in total. The second-order valence-electron chi connectivity index (χ2n) is 7.45. The van der Waals surface area contributed by atoms with E-state index < -0.39 is 8.07 Å². The van der Waals surface area contributed by atoms with Crippen LogP contribution in [-0.4, -0.2) is 8.07 Å². The van der Waals surface area contributed by atoms with Crippen LogP contribution in [0.2, 0.25) is 18.1 Å². The second-order valence-corrected chi connectivity index (χ2v) is 12.7. The molecular formula is C19H28Si. The van der Waals surface area contributed by atoms with Crippen molar-refractivity contribution in [2.45, 2.75) is 59.2 Å². The van der Waals surface area contributed by atoms with E-state index in [2.05, 4.69) is 78.0 Å². The fraction of sp³-hybridized carbons (Fsp3) is 0.474. The standard InChI is InChI=1S/C19H28Si/c1-8-15-17-13-11-9-10-12-16(17)14(2)18(15)20(6,7)19(3,4)5/h9-13H,8H2,1-7H3. The number of hydrogen-bond donors (Lipinski definition) is 0. The first-order valence-corrected chi connectivity index (χ1v) is 10.7. The van der Waals surface area contributed by atoms with E-state index in [1.807, 2.05) is 0 Å². The van der Waals surface area contributed by atoms with Crippen LogP contribution in [0.5, 0.6) is 0 Å². The summed E-state index contributed by atoms with van der Waals surface area (Å²) in [7, 11) is -1.50. The van der Waals surface area contributed by atoms with Crippen LogP contribution < -0.4 is 5.19 Å². The van der Waals surface area contributed by atoms with E-state index in [0.717, 1.165) is 6.42 Å². The van der Waals surface area contributed by atoms with E-state index >= 15 is 0 Å². The summed E-state index contributed by atoms with van der Waals surface area (Å²) >= 11 is 0. The van der Waals surface area contributed by atoms with Crippen molar-refractivity contribution in [3.8, 4) is 11.1 Å². The maximum atomic E-state index is 2.54. The molecule has 0 radical (unpaired) electrons. The molecule has 0 saturated heterocycles. The molecule has 0 aliphatic heterocycles. The highest BCUT2D eigenvalue weighted by molar-refractivity contribution is 6.93. The Balaban J connectivity index is 2.84. The minimum atomic E-state index is -1.50. The fourth-order valence-electron chi connectivity index (χ4n) is 3.22.